The number of halogens is 4. The van der Waals surface area contributed by atoms with Crippen molar-refractivity contribution in [2.24, 2.45) is 0 Å². The van der Waals surface area contributed by atoms with Gasteiger partial charge in [-0.3, -0.25) is 9.59 Å². The second kappa shape index (κ2) is 9.75. The van der Waals surface area contributed by atoms with Crippen LogP contribution in [-0.4, -0.2) is 41.9 Å². The fraction of sp³-hybridized carbons (Fsp3) is 0.211. The molecule has 0 saturated carbocycles. The van der Waals surface area contributed by atoms with Gasteiger partial charge in [0.1, 0.15) is 6.04 Å². The Morgan fingerprint density at radius 3 is 2.40 bits per heavy atom. The predicted octanol–water partition coefficient (Wildman–Crippen LogP) is 4.66. The number of piperazine rings is 1. The summed E-state index contributed by atoms with van der Waals surface area (Å²) in [5.41, 5.74) is 0.653. The van der Waals surface area contributed by atoms with E-state index in [1.54, 1.807) is 24.3 Å². The number of nitrogens with one attached hydrogen (secondary N) is 3. The van der Waals surface area contributed by atoms with Crippen molar-refractivity contribution < 1.29 is 14.4 Å². The normalized spacial score (nSPS) is 16.1. The molecule has 0 bridgehead atoms. The van der Waals surface area contributed by atoms with Gasteiger partial charge in [0.05, 0.1) is 27.8 Å². The second-order valence-electron chi connectivity index (χ2n) is 6.43. The van der Waals surface area contributed by atoms with Crippen molar-refractivity contribution in [1.29, 1.82) is 0 Å². The number of hydrogen-bond acceptors (Lipinski definition) is 3. The van der Waals surface area contributed by atoms with Gasteiger partial charge in [0.25, 0.3) is 0 Å². The Kier molecular flexibility index (Phi) is 7.31. The first-order valence-electron chi connectivity index (χ1n) is 8.80. The van der Waals surface area contributed by atoms with Gasteiger partial charge in [0.15, 0.2) is 0 Å². The number of amides is 4. The maximum Gasteiger partial charge on any atom is 0.322 e. The van der Waals surface area contributed by atoms with Gasteiger partial charge < -0.3 is 20.9 Å². The average Bonchev–Trinajstić information content (AvgIpc) is 2.68. The van der Waals surface area contributed by atoms with Gasteiger partial charge >= 0.3 is 6.03 Å². The minimum atomic E-state index is -1.01. The highest BCUT2D eigenvalue weighted by Crippen LogP contribution is 2.27. The third-order valence-electron chi connectivity index (χ3n) is 4.35. The van der Waals surface area contributed by atoms with Crippen LogP contribution in [0.25, 0.3) is 0 Å². The first-order valence-corrected chi connectivity index (χ1v) is 10.3. The number of rotatable bonds is 4. The molecule has 1 aliphatic heterocycles. The summed E-state index contributed by atoms with van der Waals surface area (Å²) < 4.78 is 0. The molecular weight excluding hydrogens is 474 g/mol. The van der Waals surface area contributed by atoms with Crippen LogP contribution in [-0.2, 0) is 9.59 Å². The van der Waals surface area contributed by atoms with Gasteiger partial charge in [-0.05, 0) is 36.4 Å². The van der Waals surface area contributed by atoms with Crippen molar-refractivity contribution in [3.05, 3.63) is 56.5 Å². The van der Waals surface area contributed by atoms with Crippen molar-refractivity contribution in [2.75, 3.05) is 23.7 Å². The zero-order chi connectivity index (χ0) is 21.8. The van der Waals surface area contributed by atoms with Crippen LogP contribution in [0.5, 0.6) is 0 Å². The summed E-state index contributed by atoms with van der Waals surface area (Å²) >= 11 is 23.9. The lowest BCUT2D eigenvalue weighted by molar-refractivity contribution is -0.130. The fourth-order valence-corrected chi connectivity index (χ4v) is 3.70. The largest absolute Gasteiger partial charge is 0.353 e. The SMILES string of the molecule is O=C(C[C@@H]1C(=O)NCCN1C(=O)Nc1ccc(Cl)cc1Cl)Nc1cc(Cl)ccc1Cl. The highest BCUT2D eigenvalue weighted by Gasteiger charge is 2.35. The quantitative estimate of drug-likeness (QED) is 0.583. The zero-order valence-electron chi connectivity index (χ0n) is 15.3. The summed E-state index contributed by atoms with van der Waals surface area (Å²) in [5.74, 6) is -0.936. The summed E-state index contributed by atoms with van der Waals surface area (Å²) in [4.78, 5) is 39.0. The standard InChI is InChI=1S/C19H16Cl4N4O3/c20-10-2-4-14(13(23)7-10)26-19(30)27-6-5-24-18(29)16(27)9-17(28)25-15-8-11(21)1-3-12(15)22/h1-4,7-8,16H,5-6,9H2,(H,24,29)(H,25,28)(H,26,30)/t16-/m1/s1. The van der Waals surface area contributed by atoms with E-state index in [4.69, 9.17) is 46.4 Å². The molecule has 3 rings (SSSR count). The monoisotopic (exact) mass is 488 g/mol. The number of anilines is 2. The van der Waals surface area contributed by atoms with Crippen molar-refractivity contribution in [1.82, 2.24) is 10.2 Å². The molecular formula is C19H16Cl4N4O3. The Hall–Kier alpha value is -2.19. The number of nitrogens with zero attached hydrogens (tertiary/aromatic N) is 1. The van der Waals surface area contributed by atoms with E-state index in [-0.39, 0.29) is 24.5 Å². The number of hydrogen-bond donors (Lipinski definition) is 3. The van der Waals surface area contributed by atoms with E-state index in [1.807, 2.05) is 0 Å². The molecule has 1 saturated heterocycles. The topological polar surface area (TPSA) is 90.5 Å². The molecule has 2 aromatic carbocycles. The van der Waals surface area contributed by atoms with Crippen LogP contribution in [0.3, 0.4) is 0 Å². The number of urea groups is 1. The molecule has 0 spiro atoms. The lowest BCUT2D eigenvalue weighted by atomic mass is 10.1. The molecule has 158 valence electrons. The summed E-state index contributed by atoms with van der Waals surface area (Å²) in [5, 5.41) is 9.28. The summed E-state index contributed by atoms with van der Waals surface area (Å²) in [6.07, 6.45) is -0.267. The Morgan fingerprint density at radius 2 is 1.67 bits per heavy atom. The molecule has 0 radical (unpaired) electrons. The first-order chi connectivity index (χ1) is 14.2. The maximum absolute atomic E-state index is 12.8. The van der Waals surface area contributed by atoms with Crippen LogP contribution in [0.15, 0.2) is 36.4 Å². The summed E-state index contributed by atoms with van der Waals surface area (Å²) in [7, 11) is 0. The summed E-state index contributed by atoms with van der Waals surface area (Å²) in [6.45, 7) is 0.484. The number of carbonyl (C=O) groups is 3. The van der Waals surface area contributed by atoms with Crippen molar-refractivity contribution in [2.45, 2.75) is 12.5 Å². The van der Waals surface area contributed by atoms with Gasteiger partial charge in [-0.1, -0.05) is 46.4 Å². The molecule has 1 heterocycles. The minimum Gasteiger partial charge on any atom is -0.353 e. The molecule has 0 aliphatic carbocycles. The number of carbonyl (C=O) groups excluding carboxylic acids is 3. The molecule has 1 atom stereocenters. The molecule has 1 aliphatic rings. The van der Waals surface area contributed by atoms with E-state index in [2.05, 4.69) is 16.0 Å². The van der Waals surface area contributed by atoms with Crippen molar-refractivity contribution in [3.63, 3.8) is 0 Å². The lowest BCUT2D eigenvalue weighted by Gasteiger charge is -2.34. The van der Waals surface area contributed by atoms with E-state index in [0.29, 0.717) is 26.4 Å². The van der Waals surface area contributed by atoms with Crippen LogP contribution in [0.2, 0.25) is 20.1 Å². The van der Waals surface area contributed by atoms with Gasteiger partial charge in [0.2, 0.25) is 11.8 Å². The average molecular weight is 490 g/mol. The highest BCUT2D eigenvalue weighted by atomic mass is 35.5. The molecule has 7 nitrogen and oxygen atoms in total. The van der Waals surface area contributed by atoms with Gasteiger partial charge in [-0.2, -0.15) is 0 Å². The van der Waals surface area contributed by atoms with Crippen LogP contribution in [0.4, 0.5) is 16.2 Å². The molecule has 30 heavy (non-hydrogen) atoms. The Labute approximate surface area is 192 Å². The Bertz CT molecular complexity index is 1000. The molecule has 0 unspecified atom stereocenters. The van der Waals surface area contributed by atoms with E-state index in [1.165, 1.54) is 17.0 Å². The van der Waals surface area contributed by atoms with Crippen LogP contribution >= 0.6 is 46.4 Å². The van der Waals surface area contributed by atoms with Crippen molar-refractivity contribution >= 4 is 75.6 Å². The molecule has 0 aromatic heterocycles. The van der Waals surface area contributed by atoms with Crippen molar-refractivity contribution in [3.8, 4) is 0 Å². The highest BCUT2D eigenvalue weighted by molar-refractivity contribution is 6.37. The third kappa shape index (κ3) is 5.49. The second-order valence-corrected chi connectivity index (χ2v) is 8.12. The zero-order valence-corrected chi connectivity index (χ0v) is 18.4. The lowest BCUT2D eigenvalue weighted by Crippen LogP contribution is -2.59. The van der Waals surface area contributed by atoms with Gasteiger partial charge in [0, 0.05) is 23.1 Å². The predicted molar refractivity (Wildman–Crippen MR) is 119 cm³/mol. The van der Waals surface area contributed by atoms with Crippen LogP contribution < -0.4 is 16.0 Å². The molecule has 1 fully saturated rings. The molecule has 4 amide bonds. The smallest absolute Gasteiger partial charge is 0.322 e. The molecule has 11 heteroatoms. The van der Waals surface area contributed by atoms with Gasteiger partial charge in [-0.25, -0.2) is 4.79 Å². The summed E-state index contributed by atoms with van der Waals surface area (Å²) in [6, 6.07) is 7.67. The van der Waals surface area contributed by atoms with E-state index >= 15 is 0 Å². The number of benzene rings is 2. The Balaban J connectivity index is 1.72. The third-order valence-corrected chi connectivity index (χ3v) is 5.46. The maximum atomic E-state index is 12.8. The molecule has 3 N–H and O–H groups in total. The van der Waals surface area contributed by atoms with E-state index < -0.39 is 23.9 Å². The first kappa shape index (κ1) is 22.5. The minimum absolute atomic E-state index is 0.221. The molecule has 2 aromatic rings. The van der Waals surface area contributed by atoms with Crippen LogP contribution in [0, 0.1) is 0 Å². The van der Waals surface area contributed by atoms with E-state index in [9.17, 15) is 14.4 Å². The Morgan fingerprint density at radius 1 is 0.967 bits per heavy atom. The van der Waals surface area contributed by atoms with Crippen LogP contribution in [0.1, 0.15) is 6.42 Å². The van der Waals surface area contributed by atoms with E-state index in [0.717, 1.165) is 0 Å². The van der Waals surface area contributed by atoms with Gasteiger partial charge in [-0.15, -0.1) is 0 Å². The fourth-order valence-electron chi connectivity index (χ4n) is 2.91.